The molecule has 0 spiro atoms. The van der Waals surface area contributed by atoms with Crippen LogP contribution < -0.4 is 5.32 Å². The Morgan fingerprint density at radius 3 is 2.83 bits per heavy atom. The first-order valence-electron chi connectivity index (χ1n) is 8.23. The molecule has 1 atom stereocenters. The smallest absolute Gasteiger partial charge is 0.286 e. The van der Waals surface area contributed by atoms with Crippen LogP contribution in [0, 0.1) is 5.92 Å². The van der Waals surface area contributed by atoms with Crippen molar-refractivity contribution in [3.63, 3.8) is 0 Å². The van der Waals surface area contributed by atoms with Crippen molar-refractivity contribution in [1.82, 2.24) is 15.1 Å². The summed E-state index contributed by atoms with van der Waals surface area (Å²) in [5.74, 6) is 0.129. The largest absolute Gasteiger partial charge is 0.396 e. The van der Waals surface area contributed by atoms with E-state index in [2.05, 4.69) is 27.3 Å². The van der Waals surface area contributed by atoms with E-state index < -0.39 is 0 Å². The predicted octanol–water partition coefficient (Wildman–Crippen LogP) is 2.17. The first kappa shape index (κ1) is 17.0. The van der Waals surface area contributed by atoms with Crippen LogP contribution in [0.2, 0.25) is 0 Å². The highest BCUT2D eigenvalue weighted by molar-refractivity contribution is 7.13. The number of aryl methyl sites for hydroxylation is 1. The maximum absolute atomic E-state index is 12.3. The number of likely N-dealkylation sites (tertiary alicyclic amines) is 1. The fourth-order valence-electron chi connectivity index (χ4n) is 2.81. The number of aliphatic hydroxyl groups is 1. The molecule has 1 aliphatic rings. The molecule has 24 heavy (non-hydrogen) atoms. The van der Waals surface area contributed by atoms with E-state index in [1.54, 1.807) is 0 Å². The standard InChI is InChI=1S/C17H22N4O2S/c1-2-12-3-5-14(6-4-12)18-16(23)17-20-19-15(24-17)10-21-8-7-13(9-21)11-22/h3-6,13,22H,2,7-11H2,1H3,(H,18,23). The second-order valence-electron chi connectivity index (χ2n) is 6.08. The Kier molecular flexibility index (Phi) is 5.55. The van der Waals surface area contributed by atoms with Gasteiger partial charge in [-0.25, -0.2) is 0 Å². The third kappa shape index (κ3) is 4.17. The molecule has 0 saturated carbocycles. The number of hydrogen-bond donors (Lipinski definition) is 2. The van der Waals surface area contributed by atoms with E-state index in [1.807, 2.05) is 24.3 Å². The zero-order chi connectivity index (χ0) is 16.9. The van der Waals surface area contributed by atoms with Gasteiger partial charge in [-0.3, -0.25) is 9.69 Å². The lowest BCUT2D eigenvalue weighted by Gasteiger charge is -2.12. The van der Waals surface area contributed by atoms with Gasteiger partial charge in [0.1, 0.15) is 5.01 Å². The van der Waals surface area contributed by atoms with Crippen molar-refractivity contribution in [2.45, 2.75) is 26.3 Å². The molecule has 3 rings (SSSR count). The minimum atomic E-state index is -0.224. The van der Waals surface area contributed by atoms with Gasteiger partial charge in [0, 0.05) is 18.8 Å². The lowest BCUT2D eigenvalue weighted by Crippen LogP contribution is -2.20. The van der Waals surface area contributed by atoms with Crippen LogP contribution in [0.25, 0.3) is 0 Å². The van der Waals surface area contributed by atoms with E-state index in [4.69, 9.17) is 0 Å². The number of rotatable bonds is 6. The summed E-state index contributed by atoms with van der Waals surface area (Å²) in [4.78, 5) is 14.5. The Morgan fingerprint density at radius 2 is 2.17 bits per heavy atom. The first-order valence-corrected chi connectivity index (χ1v) is 9.05. The minimum Gasteiger partial charge on any atom is -0.396 e. The summed E-state index contributed by atoms with van der Waals surface area (Å²) in [6.45, 7) is 4.85. The van der Waals surface area contributed by atoms with E-state index in [9.17, 15) is 9.90 Å². The van der Waals surface area contributed by atoms with E-state index >= 15 is 0 Å². The second kappa shape index (κ2) is 7.83. The number of hydrogen-bond acceptors (Lipinski definition) is 6. The Morgan fingerprint density at radius 1 is 1.38 bits per heavy atom. The number of carbonyl (C=O) groups excluding carboxylic acids is 1. The molecule has 2 aromatic rings. The first-order chi connectivity index (χ1) is 11.7. The molecule has 1 fully saturated rings. The van der Waals surface area contributed by atoms with Crippen molar-refractivity contribution in [2.24, 2.45) is 5.92 Å². The normalized spacial score (nSPS) is 18.0. The molecular formula is C17H22N4O2S. The molecule has 1 saturated heterocycles. The van der Waals surface area contributed by atoms with Crippen LogP contribution in [-0.2, 0) is 13.0 Å². The topological polar surface area (TPSA) is 78.4 Å². The molecular weight excluding hydrogens is 324 g/mol. The van der Waals surface area contributed by atoms with E-state index in [-0.39, 0.29) is 12.5 Å². The number of aliphatic hydroxyl groups excluding tert-OH is 1. The summed E-state index contributed by atoms with van der Waals surface area (Å²) in [7, 11) is 0. The monoisotopic (exact) mass is 346 g/mol. The Balaban J connectivity index is 1.57. The lowest BCUT2D eigenvalue weighted by atomic mass is 10.1. The van der Waals surface area contributed by atoms with E-state index in [0.29, 0.717) is 17.5 Å². The summed E-state index contributed by atoms with van der Waals surface area (Å²) in [6, 6.07) is 7.81. The van der Waals surface area contributed by atoms with Crippen LogP contribution in [-0.4, -0.2) is 45.8 Å². The van der Waals surface area contributed by atoms with Gasteiger partial charge in [0.05, 0.1) is 6.54 Å². The second-order valence-corrected chi connectivity index (χ2v) is 7.14. The average Bonchev–Trinajstić information content (AvgIpc) is 3.25. The van der Waals surface area contributed by atoms with Gasteiger partial charge in [0.15, 0.2) is 0 Å². The third-order valence-corrected chi connectivity index (χ3v) is 5.17. The number of benzene rings is 1. The number of carbonyl (C=O) groups is 1. The Hall–Kier alpha value is -1.83. The van der Waals surface area contributed by atoms with E-state index in [0.717, 1.165) is 36.6 Å². The highest BCUT2D eigenvalue weighted by Gasteiger charge is 2.23. The van der Waals surface area contributed by atoms with Crippen LogP contribution in [0.5, 0.6) is 0 Å². The maximum Gasteiger partial charge on any atom is 0.286 e. The summed E-state index contributed by atoms with van der Waals surface area (Å²) in [5, 5.41) is 21.4. The van der Waals surface area contributed by atoms with Gasteiger partial charge in [0.25, 0.3) is 5.91 Å². The number of amides is 1. The average molecular weight is 346 g/mol. The maximum atomic E-state index is 12.3. The fraction of sp³-hybridized carbons (Fsp3) is 0.471. The van der Waals surface area contributed by atoms with Crippen molar-refractivity contribution in [1.29, 1.82) is 0 Å². The van der Waals surface area contributed by atoms with Gasteiger partial charge >= 0.3 is 0 Å². The van der Waals surface area contributed by atoms with Crippen LogP contribution in [0.3, 0.4) is 0 Å². The van der Waals surface area contributed by atoms with Gasteiger partial charge < -0.3 is 10.4 Å². The van der Waals surface area contributed by atoms with Crippen LogP contribution in [0.1, 0.15) is 33.7 Å². The molecule has 0 radical (unpaired) electrons. The molecule has 2 heterocycles. The third-order valence-electron chi connectivity index (χ3n) is 4.27. The highest BCUT2D eigenvalue weighted by atomic mass is 32.1. The van der Waals surface area contributed by atoms with Gasteiger partial charge in [-0.2, -0.15) is 0 Å². The Labute approximate surface area is 145 Å². The molecule has 1 aliphatic heterocycles. The van der Waals surface area contributed by atoms with Crippen LogP contribution in [0.4, 0.5) is 5.69 Å². The summed E-state index contributed by atoms with van der Waals surface area (Å²) < 4.78 is 0. The number of nitrogens with one attached hydrogen (secondary N) is 1. The van der Waals surface area contributed by atoms with Gasteiger partial charge in [-0.15, -0.1) is 10.2 Å². The van der Waals surface area contributed by atoms with Gasteiger partial charge in [-0.1, -0.05) is 30.4 Å². The summed E-state index contributed by atoms with van der Waals surface area (Å²) in [5.41, 5.74) is 2.00. The quantitative estimate of drug-likeness (QED) is 0.838. The summed E-state index contributed by atoms with van der Waals surface area (Å²) in [6.07, 6.45) is 1.98. The van der Waals surface area contributed by atoms with Crippen molar-refractivity contribution in [2.75, 3.05) is 25.0 Å². The molecule has 1 aromatic carbocycles. The summed E-state index contributed by atoms with van der Waals surface area (Å²) >= 11 is 1.33. The van der Waals surface area contributed by atoms with Crippen LogP contribution in [0.15, 0.2) is 24.3 Å². The molecule has 0 aliphatic carbocycles. The number of aromatic nitrogens is 2. The molecule has 128 valence electrons. The van der Waals surface area contributed by atoms with Gasteiger partial charge in [0.2, 0.25) is 5.01 Å². The lowest BCUT2D eigenvalue weighted by molar-refractivity contribution is 0.102. The molecule has 7 heteroatoms. The van der Waals surface area contributed by atoms with Crippen molar-refractivity contribution < 1.29 is 9.90 Å². The van der Waals surface area contributed by atoms with Crippen molar-refractivity contribution >= 4 is 22.9 Å². The molecule has 6 nitrogen and oxygen atoms in total. The molecule has 2 N–H and O–H groups in total. The minimum absolute atomic E-state index is 0.224. The highest BCUT2D eigenvalue weighted by Crippen LogP contribution is 2.20. The van der Waals surface area contributed by atoms with Crippen LogP contribution >= 0.6 is 11.3 Å². The number of anilines is 1. The van der Waals surface area contributed by atoms with Crippen molar-refractivity contribution in [3.05, 3.63) is 39.8 Å². The molecule has 1 unspecified atom stereocenters. The molecule has 1 aromatic heterocycles. The number of nitrogens with zero attached hydrogens (tertiary/aromatic N) is 3. The van der Waals surface area contributed by atoms with Gasteiger partial charge in [-0.05, 0) is 43.0 Å². The SMILES string of the molecule is CCc1ccc(NC(=O)c2nnc(CN3CCC(CO)C3)s2)cc1. The predicted molar refractivity (Wildman–Crippen MR) is 94.2 cm³/mol. The fourth-order valence-corrected chi connectivity index (χ4v) is 3.59. The van der Waals surface area contributed by atoms with E-state index in [1.165, 1.54) is 16.9 Å². The molecule has 0 bridgehead atoms. The zero-order valence-electron chi connectivity index (χ0n) is 13.7. The molecule has 1 amide bonds. The zero-order valence-corrected chi connectivity index (χ0v) is 14.6. The van der Waals surface area contributed by atoms with Crippen molar-refractivity contribution in [3.8, 4) is 0 Å². The Bertz CT molecular complexity index is 686.